The van der Waals surface area contributed by atoms with E-state index in [1.165, 1.54) is 18.9 Å². The Labute approximate surface area is 115 Å². The molecule has 3 amide bonds. The maximum atomic E-state index is 12.2. The van der Waals surface area contributed by atoms with Gasteiger partial charge in [-0.1, -0.05) is 12.1 Å². The molecule has 0 radical (unpaired) electrons. The van der Waals surface area contributed by atoms with Gasteiger partial charge in [0.15, 0.2) is 0 Å². The molecule has 106 valence electrons. The van der Waals surface area contributed by atoms with E-state index in [0.29, 0.717) is 11.4 Å². The van der Waals surface area contributed by atoms with Gasteiger partial charge in [0.1, 0.15) is 12.6 Å². The molecule has 1 aromatic carbocycles. The summed E-state index contributed by atoms with van der Waals surface area (Å²) in [5, 5.41) is 5.17. The van der Waals surface area contributed by atoms with Crippen LogP contribution in [0.25, 0.3) is 0 Å². The fourth-order valence-electron chi connectivity index (χ4n) is 1.91. The Balaban J connectivity index is 2.18. The van der Waals surface area contributed by atoms with E-state index in [4.69, 9.17) is 0 Å². The van der Waals surface area contributed by atoms with Crippen molar-refractivity contribution in [3.63, 3.8) is 0 Å². The summed E-state index contributed by atoms with van der Waals surface area (Å²) >= 11 is 0. The molecule has 0 spiro atoms. The van der Waals surface area contributed by atoms with E-state index >= 15 is 0 Å². The maximum Gasteiger partial charge on any atom is 0.328 e. The molecule has 0 aliphatic carbocycles. The molecule has 0 bridgehead atoms. The third-order valence-electron chi connectivity index (χ3n) is 2.91. The second-order valence-corrected chi connectivity index (χ2v) is 4.35. The summed E-state index contributed by atoms with van der Waals surface area (Å²) in [6.07, 6.45) is 0. The Morgan fingerprint density at radius 3 is 2.80 bits per heavy atom. The van der Waals surface area contributed by atoms with Crippen molar-refractivity contribution in [1.82, 2.24) is 5.32 Å². The quantitative estimate of drug-likeness (QED) is 0.780. The highest BCUT2D eigenvalue weighted by atomic mass is 16.5. The Kier molecular flexibility index (Phi) is 3.88. The van der Waals surface area contributed by atoms with Crippen LogP contribution in [0.1, 0.15) is 6.92 Å². The highest BCUT2D eigenvalue weighted by molar-refractivity contribution is 6.09. The van der Waals surface area contributed by atoms with Crippen molar-refractivity contribution in [3.8, 4) is 0 Å². The number of benzene rings is 1. The van der Waals surface area contributed by atoms with Crippen LogP contribution < -0.4 is 15.5 Å². The molecule has 2 rings (SSSR count). The number of para-hydroxylation sites is 2. The van der Waals surface area contributed by atoms with Crippen molar-refractivity contribution in [3.05, 3.63) is 24.3 Å². The maximum absolute atomic E-state index is 12.2. The number of methoxy groups -OCH3 is 1. The molecule has 1 atom stereocenters. The first-order valence-corrected chi connectivity index (χ1v) is 6.07. The van der Waals surface area contributed by atoms with Crippen LogP contribution in [0.5, 0.6) is 0 Å². The van der Waals surface area contributed by atoms with Gasteiger partial charge in [-0.15, -0.1) is 0 Å². The number of carbonyl (C=O) groups is 3. The summed E-state index contributed by atoms with van der Waals surface area (Å²) in [6.45, 7) is 1.41. The van der Waals surface area contributed by atoms with Gasteiger partial charge in [-0.25, -0.2) is 9.59 Å². The zero-order valence-electron chi connectivity index (χ0n) is 11.2. The third kappa shape index (κ3) is 2.71. The van der Waals surface area contributed by atoms with Crippen molar-refractivity contribution in [2.75, 3.05) is 23.9 Å². The fourth-order valence-corrected chi connectivity index (χ4v) is 1.91. The Hall–Kier alpha value is -2.57. The van der Waals surface area contributed by atoms with Gasteiger partial charge in [0, 0.05) is 0 Å². The predicted octanol–water partition coefficient (Wildman–Crippen LogP) is 0.716. The van der Waals surface area contributed by atoms with Gasteiger partial charge in [0.25, 0.3) is 0 Å². The zero-order valence-corrected chi connectivity index (χ0v) is 11.2. The number of ether oxygens (including phenoxy) is 1. The van der Waals surface area contributed by atoms with Crippen LogP contribution in [0, 0.1) is 0 Å². The Morgan fingerprint density at radius 2 is 2.10 bits per heavy atom. The molecule has 7 heteroatoms. The monoisotopic (exact) mass is 277 g/mol. The zero-order chi connectivity index (χ0) is 14.7. The SMILES string of the molecule is COC(=O)[C@H](C)NC(=O)N1CC(=O)Nc2ccccc21. The second kappa shape index (κ2) is 5.60. The van der Waals surface area contributed by atoms with Gasteiger partial charge in [0.05, 0.1) is 18.5 Å². The van der Waals surface area contributed by atoms with Crippen LogP contribution >= 0.6 is 0 Å². The first-order chi connectivity index (χ1) is 9.52. The minimum atomic E-state index is -0.787. The van der Waals surface area contributed by atoms with E-state index < -0.39 is 18.0 Å². The number of rotatable bonds is 2. The number of carbonyl (C=O) groups excluding carboxylic acids is 3. The molecule has 0 fully saturated rings. The van der Waals surface area contributed by atoms with E-state index in [0.717, 1.165) is 0 Å². The molecule has 1 heterocycles. The summed E-state index contributed by atoms with van der Waals surface area (Å²) in [5.41, 5.74) is 1.14. The molecule has 0 saturated carbocycles. The molecule has 0 saturated heterocycles. The highest BCUT2D eigenvalue weighted by Crippen LogP contribution is 2.28. The van der Waals surface area contributed by atoms with E-state index in [2.05, 4.69) is 15.4 Å². The van der Waals surface area contributed by atoms with E-state index in [-0.39, 0.29) is 12.5 Å². The number of urea groups is 1. The third-order valence-corrected chi connectivity index (χ3v) is 2.91. The molecule has 1 aromatic rings. The largest absolute Gasteiger partial charge is 0.467 e. The summed E-state index contributed by atoms with van der Waals surface area (Å²) in [5.74, 6) is -0.835. The Bertz CT molecular complexity index is 558. The normalized spacial score (nSPS) is 14.9. The number of fused-ring (bicyclic) bond motifs is 1. The first kappa shape index (κ1) is 13.9. The van der Waals surface area contributed by atoms with Gasteiger partial charge in [-0.05, 0) is 19.1 Å². The summed E-state index contributed by atoms with van der Waals surface area (Å²) in [6, 6.07) is 5.64. The number of hydrogen-bond acceptors (Lipinski definition) is 4. The van der Waals surface area contributed by atoms with Crippen LogP contribution in [0.3, 0.4) is 0 Å². The topological polar surface area (TPSA) is 87.7 Å². The lowest BCUT2D eigenvalue weighted by Gasteiger charge is -2.29. The van der Waals surface area contributed by atoms with Gasteiger partial charge >= 0.3 is 12.0 Å². The smallest absolute Gasteiger partial charge is 0.328 e. The average Bonchev–Trinajstić information content (AvgIpc) is 2.45. The van der Waals surface area contributed by atoms with Crippen molar-refractivity contribution >= 4 is 29.3 Å². The average molecular weight is 277 g/mol. The molecular weight excluding hydrogens is 262 g/mol. The lowest BCUT2D eigenvalue weighted by atomic mass is 10.2. The van der Waals surface area contributed by atoms with E-state index in [1.54, 1.807) is 24.3 Å². The number of amides is 3. The molecule has 1 aliphatic heterocycles. The minimum absolute atomic E-state index is 0.100. The van der Waals surface area contributed by atoms with Crippen LogP contribution in [-0.4, -0.2) is 37.6 Å². The number of nitrogens with one attached hydrogen (secondary N) is 2. The van der Waals surface area contributed by atoms with Crippen molar-refractivity contribution in [2.24, 2.45) is 0 Å². The number of anilines is 2. The van der Waals surface area contributed by atoms with Gasteiger partial charge in [-0.3, -0.25) is 9.69 Å². The van der Waals surface area contributed by atoms with Gasteiger partial charge in [-0.2, -0.15) is 0 Å². The standard InChI is InChI=1S/C13H15N3O4/c1-8(12(18)20-2)14-13(19)16-7-11(17)15-9-5-3-4-6-10(9)16/h3-6,8H,7H2,1-2H3,(H,14,19)(H,15,17)/t8-/m0/s1. The lowest BCUT2D eigenvalue weighted by molar-refractivity contribution is -0.142. The van der Waals surface area contributed by atoms with Crippen LogP contribution in [0.15, 0.2) is 24.3 Å². The van der Waals surface area contributed by atoms with E-state index in [1.807, 2.05) is 0 Å². The second-order valence-electron chi connectivity index (χ2n) is 4.35. The summed E-state index contributed by atoms with van der Waals surface area (Å²) in [4.78, 5) is 36.3. The Morgan fingerprint density at radius 1 is 1.40 bits per heavy atom. The van der Waals surface area contributed by atoms with Crippen LogP contribution in [0.2, 0.25) is 0 Å². The van der Waals surface area contributed by atoms with Crippen LogP contribution in [0.4, 0.5) is 16.2 Å². The molecule has 0 unspecified atom stereocenters. The van der Waals surface area contributed by atoms with Gasteiger partial charge in [0.2, 0.25) is 5.91 Å². The van der Waals surface area contributed by atoms with Crippen LogP contribution in [-0.2, 0) is 14.3 Å². The molecular formula is C13H15N3O4. The molecule has 20 heavy (non-hydrogen) atoms. The van der Waals surface area contributed by atoms with E-state index in [9.17, 15) is 14.4 Å². The number of hydrogen-bond donors (Lipinski definition) is 2. The molecule has 2 N–H and O–H groups in total. The number of esters is 1. The number of nitrogens with zero attached hydrogens (tertiary/aromatic N) is 1. The van der Waals surface area contributed by atoms with Crippen molar-refractivity contribution < 1.29 is 19.1 Å². The summed E-state index contributed by atoms with van der Waals surface area (Å²) < 4.78 is 4.54. The molecule has 0 aromatic heterocycles. The highest BCUT2D eigenvalue weighted by Gasteiger charge is 2.28. The van der Waals surface area contributed by atoms with Crippen molar-refractivity contribution in [2.45, 2.75) is 13.0 Å². The fraction of sp³-hybridized carbons (Fsp3) is 0.308. The molecule has 7 nitrogen and oxygen atoms in total. The summed E-state index contributed by atoms with van der Waals surface area (Å²) in [7, 11) is 1.24. The molecule has 1 aliphatic rings. The van der Waals surface area contributed by atoms with Crippen molar-refractivity contribution in [1.29, 1.82) is 0 Å². The first-order valence-electron chi connectivity index (χ1n) is 6.07. The minimum Gasteiger partial charge on any atom is -0.467 e. The lowest BCUT2D eigenvalue weighted by Crippen LogP contribution is -2.51. The van der Waals surface area contributed by atoms with Gasteiger partial charge < -0.3 is 15.4 Å². The predicted molar refractivity (Wildman–Crippen MR) is 72.4 cm³/mol.